The molecule has 0 saturated heterocycles. The molecule has 2 nitrogen and oxygen atoms in total. The molecule has 2 heteroatoms. The topological polar surface area (TPSA) is 35.2 Å². The van der Waals surface area contributed by atoms with Gasteiger partial charge in [0, 0.05) is 0 Å². The van der Waals surface area contributed by atoms with Crippen LogP contribution in [0.25, 0.3) is 6.08 Å². The predicted octanol–water partition coefficient (Wildman–Crippen LogP) is 2.91. The third-order valence-electron chi connectivity index (χ3n) is 2.58. The molecule has 0 spiro atoms. The van der Waals surface area contributed by atoms with Gasteiger partial charge in [0.2, 0.25) is 0 Å². The third kappa shape index (κ3) is 3.50. The third-order valence-corrected chi connectivity index (χ3v) is 2.58. The summed E-state index contributed by atoms with van der Waals surface area (Å²) in [5, 5.41) is 0. The van der Waals surface area contributed by atoms with Crippen LogP contribution in [-0.2, 0) is 4.84 Å². The van der Waals surface area contributed by atoms with Crippen LogP contribution in [0.4, 0.5) is 0 Å². The minimum absolute atomic E-state index is 0.570. The van der Waals surface area contributed by atoms with E-state index in [-0.39, 0.29) is 0 Å². The van der Waals surface area contributed by atoms with Crippen molar-refractivity contribution in [3.63, 3.8) is 0 Å². The first-order chi connectivity index (χ1) is 7.15. The average Bonchev–Trinajstić information content (AvgIpc) is 2.20. The molecule has 0 radical (unpaired) electrons. The summed E-state index contributed by atoms with van der Waals surface area (Å²) in [5.41, 5.74) is 5.25. The van der Waals surface area contributed by atoms with Gasteiger partial charge in [-0.1, -0.05) is 24.3 Å². The first-order valence-corrected chi connectivity index (χ1v) is 5.21. The SMILES string of the molecule is Cc1cc(C)c(/C=C/CCON)cc1C. The number of rotatable bonds is 4. The van der Waals surface area contributed by atoms with Gasteiger partial charge in [0.05, 0.1) is 6.61 Å². The van der Waals surface area contributed by atoms with Crippen molar-refractivity contribution in [3.8, 4) is 0 Å². The average molecular weight is 205 g/mol. The van der Waals surface area contributed by atoms with E-state index in [0.717, 1.165) is 6.42 Å². The Bertz CT molecular complexity index is 356. The monoisotopic (exact) mass is 205 g/mol. The number of hydrogen-bond donors (Lipinski definition) is 1. The van der Waals surface area contributed by atoms with Gasteiger partial charge in [-0.3, -0.25) is 0 Å². The second kappa shape index (κ2) is 5.69. The number of nitrogens with two attached hydrogens (primary N) is 1. The Morgan fingerprint density at radius 2 is 1.80 bits per heavy atom. The highest BCUT2D eigenvalue weighted by Crippen LogP contribution is 2.16. The van der Waals surface area contributed by atoms with Gasteiger partial charge in [0.1, 0.15) is 0 Å². The van der Waals surface area contributed by atoms with Crippen LogP contribution in [-0.4, -0.2) is 6.61 Å². The molecule has 0 amide bonds. The van der Waals surface area contributed by atoms with Crippen LogP contribution in [0.1, 0.15) is 28.7 Å². The molecule has 0 fully saturated rings. The van der Waals surface area contributed by atoms with E-state index >= 15 is 0 Å². The Balaban J connectivity index is 2.77. The van der Waals surface area contributed by atoms with Gasteiger partial charge in [0.25, 0.3) is 0 Å². The van der Waals surface area contributed by atoms with Gasteiger partial charge in [-0.25, -0.2) is 5.90 Å². The molecule has 82 valence electrons. The van der Waals surface area contributed by atoms with Gasteiger partial charge < -0.3 is 4.84 Å². The number of benzene rings is 1. The molecular weight excluding hydrogens is 186 g/mol. The van der Waals surface area contributed by atoms with Crippen LogP contribution < -0.4 is 5.90 Å². The molecule has 0 aliphatic rings. The van der Waals surface area contributed by atoms with Crippen LogP contribution >= 0.6 is 0 Å². The number of hydrogen-bond acceptors (Lipinski definition) is 2. The summed E-state index contributed by atoms with van der Waals surface area (Å²) in [7, 11) is 0. The lowest BCUT2D eigenvalue weighted by Gasteiger charge is -2.05. The van der Waals surface area contributed by atoms with Crippen LogP contribution in [0.3, 0.4) is 0 Å². The van der Waals surface area contributed by atoms with Crippen LogP contribution in [0.15, 0.2) is 18.2 Å². The van der Waals surface area contributed by atoms with Gasteiger partial charge in [0.15, 0.2) is 0 Å². The zero-order chi connectivity index (χ0) is 11.3. The molecule has 1 aromatic rings. The van der Waals surface area contributed by atoms with Crippen molar-refractivity contribution >= 4 is 6.08 Å². The second-order valence-electron chi connectivity index (χ2n) is 3.85. The highest BCUT2D eigenvalue weighted by atomic mass is 16.6. The quantitative estimate of drug-likeness (QED) is 0.606. The summed E-state index contributed by atoms with van der Waals surface area (Å²) in [5.74, 6) is 4.95. The minimum Gasteiger partial charge on any atom is -0.304 e. The van der Waals surface area contributed by atoms with Gasteiger partial charge in [-0.15, -0.1) is 0 Å². The molecular formula is C13H19NO. The van der Waals surface area contributed by atoms with E-state index in [1.54, 1.807) is 0 Å². The molecule has 0 aliphatic heterocycles. The molecule has 1 aromatic carbocycles. The maximum absolute atomic E-state index is 4.95. The van der Waals surface area contributed by atoms with E-state index in [1.807, 2.05) is 0 Å². The molecule has 0 aromatic heterocycles. The Labute approximate surface area is 91.7 Å². The largest absolute Gasteiger partial charge is 0.304 e. The fourth-order valence-corrected chi connectivity index (χ4v) is 1.51. The van der Waals surface area contributed by atoms with Crippen LogP contribution in [0.2, 0.25) is 0 Å². The maximum Gasteiger partial charge on any atom is 0.0713 e. The van der Waals surface area contributed by atoms with Crippen molar-refractivity contribution in [2.75, 3.05) is 6.61 Å². The molecule has 0 saturated carbocycles. The zero-order valence-corrected chi connectivity index (χ0v) is 9.71. The molecule has 0 bridgehead atoms. The van der Waals surface area contributed by atoms with Crippen molar-refractivity contribution in [2.24, 2.45) is 5.90 Å². The van der Waals surface area contributed by atoms with Crippen molar-refractivity contribution in [2.45, 2.75) is 27.2 Å². The lowest BCUT2D eigenvalue weighted by Crippen LogP contribution is -1.98. The Morgan fingerprint density at radius 3 is 2.47 bits per heavy atom. The molecule has 2 N–H and O–H groups in total. The number of aryl methyl sites for hydroxylation is 3. The predicted molar refractivity (Wildman–Crippen MR) is 64.4 cm³/mol. The highest BCUT2D eigenvalue weighted by molar-refractivity contribution is 5.56. The van der Waals surface area contributed by atoms with Crippen molar-refractivity contribution in [3.05, 3.63) is 40.5 Å². The van der Waals surface area contributed by atoms with Crippen molar-refractivity contribution < 1.29 is 4.84 Å². The van der Waals surface area contributed by atoms with Crippen molar-refractivity contribution in [1.29, 1.82) is 0 Å². The molecule has 0 aliphatic carbocycles. The molecule has 0 unspecified atom stereocenters. The van der Waals surface area contributed by atoms with E-state index in [1.165, 1.54) is 22.3 Å². The Morgan fingerprint density at radius 1 is 1.13 bits per heavy atom. The lowest BCUT2D eigenvalue weighted by atomic mass is 10.0. The van der Waals surface area contributed by atoms with Gasteiger partial charge in [-0.2, -0.15) is 0 Å². The lowest BCUT2D eigenvalue weighted by molar-refractivity contribution is 0.143. The van der Waals surface area contributed by atoms with E-state index in [0.29, 0.717) is 6.61 Å². The van der Waals surface area contributed by atoms with E-state index in [9.17, 15) is 0 Å². The first-order valence-electron chi connectivity index (χ1n) is 5.21. The van der Waals surface area contributed by atoms with Crippen molar-refractivity contribution in [1.82, 2.24) is 0 Å². The maximum atomic E-state index is 4.95. The summed E-state index contributed by atoms with van der Waals surface area (Å²) in [6.07, 6.45) is 5.06. The summed E-state index contributed by atoms with van der Waals surface area (Å²) in [4.78, 5) is 4.50. The molecule has 0 heterocycles. The normalized spacial score (nSPS) is 11.2. The Hall–Kier alpha value is -1.12. The van der Waals surface area contributed by atoms with E-state index < -0.39 is 0 Å². The second-order valence-corrected chi connectivity index (χ2v) is 3.85. The van der Waals surface area contributed by atoms with Gasteiger partial charge in [-0.05, 0) is 49.4 Å². The van der Waals surface area contributed by atoms with E-state index in [2.05, 4.69) is 49.9 Å². The minimum atomic E-state index is 0.570. The zero-order valence-electron chi connectivity index (χ0n) is 9.71. The fraction of sp³-hybridized carbons (Fsp3) is 0.385. The standard InChI is InChI=1S/C13H19NO/c1-10-8-12(3)13(9-11(10)2)6-4-5-7-15-14/h4,6,8-9H,5,7,14H2,1-3H3/b6-4+. The van der Waals surface area contributed by atoms with E-state index in [4.69, 9.17) is 5.90 Å². The summed E-state index contributed by atoms with van der Waals surface area (Å²) in [6, 6.07) is 4.43. The first kappa shape index (κ1) is 12.0. The smallest absolute Gasteiger partial charge is 0.0713 e. The Kier molecular flexibility index (Phi) is 4.53. The van der Waals surface area contributed by atoms with Crippen LogP contribution in [0.5, 0.6) is 0 Å². The summed E-state index contributed by atoms with van der Waals surface area (Å²) < 4.78 is 0. The molecule has 0 atom stereocenters. The van der Waals surface area contributed by atoms with Gasteiger partial charge >= 0.3 is 0 Å². The molecule has 15 heavy (non-hydrogen) atoms. The van der Waals surface area contributed by atoms with Crippen LogP contribution in [0, 0.1) is 20.8 Å². The fourth-order valence-electron chi connectivity index (χ4n) is 1.51. The summed E-state index contributed by atoms with van der Waals surface area (Å²) in [6.45, 7) is 6.97. The molecule has 1 rings (SSSR count). The summed E-state index contributed by atoms with van der Waals surface area (Å²) >= 11 is 0. The highest BCUT2D eigenvalue weighted by Gasteiger charge is 1.98.